The lowest BCUT2D eigenvalue weighted by molar-refractivity contribution is -0.298. The summed E-state index contributed by atoms with van der Waals surface area (Å²) in [5.41, 5.74) is -1.44. The molecule has 342 valence electrons. The standard InChI is InChI=1S/C45H71N5O11/c1-11-36-45(8,57)39(54)30(6)41(55)47-26(2)23-44(7,40(28(4)37(52)29(5)42(56)60-36)61-43-38(53)35(48(9)10)21-27(3)59-43)58-25-33(51)24-49-17-19-50(20-18-49)32-14-15-34-31(22-32)13-12-16-46-34/h12-16,22,26-30,33,35-36,38-40,43,51,53-54,57H,11,17-21,23-25H2,1-10H3,(H,47,55)/t26-,27-,28+,29-,30-,33?,35+,36-,38-,39-,40-,43+,44-,45-/m1/s1. The van der Waals surface area contributed by atoms with Gasteiger partial charge in [-0.25, -0.2) is 0 Å². The number of hydrogen-bond donors (Lipinski definition) is 5. The number of hydrogen-bond acceptors (Lipinski definition) is 15. The molecule has 0 radical (unpaired) electrons. The Balaban J connectivity index is 1.42. The van der Waals surface area contributed by atoms with Crippen LogP contribution in [0.25, 0.3) is 10.9 Å². The number of fused-ring (bicyclic) bond motifs is 1. The number of piperazine rings is 1. The third-order valence-electron chi connectivity index (χ3n) is 13.1. The fourth-order valence-electron chi connectivity index (χ4n) is 9.32. The summed E-state index contributed by atoms with van der Waals surface area (Å²) in [4.78, 5) is 52.7. The molecule has 1 aromatic heterocycles. The van der Waals surface area contributed by atoms with Crippen molar-refractivity contribution < 1.29 is 53.8 Å². The first-order valence-electron chi connectivity index (χ1n) is 21.9. The third kappa shape index (κ3) is 11.4. The average Bonchev–Trinajstić information content (AvgIpc) is 3.22. The van der Waals surface area contributed by atoms with Gasteiger partial charge in [0.15, 0.2) is 12.1 Å². The number of nitrogens with zero attached hydrogens (tertiary/aromatic N) is 4. The minimum Gasteiger partial charge on any atom is -0.459 e. The first-order valence-corrected chi connectivity index (χ1v) is 21.9. The summed E-state index contributed by atoms with van der Waals surface area (Å²) in [6.45, 7) is 15.9. The Morgan fingerprint density at radius 2 is 1.70 bits per heavy atom. The number of aliphatic hydroxyl groups is 4. The predicted octanol–water partition coefficient (Wildman–Crippen LogP) is 2.12. The van der Waals surface area contributed by atoms with Crippen LogP contribution in [0.15, 0.2) is 36.5 Å². The van der Waals surface area contributed by atoms with Crippen LogP contribution in [-0.4, -0.2) is 172 Å². The summed E-state index contributed by atoms with van der Waals surface area (Å²) < 4.78 is 25.3. The van der Waals surface area contributed by atoms with E-state index in [-0.39, 0.29) is 31.6 Å². The molecule has 1 amide bonds. The quantitative estimate of drug-likeness (QED) is 0.172. The summed E-state index contributed by atoms with van der Waals surface area (Å²) in [7, 11) is 3.71. The van der Waals surface area contributed by atoms with Gasteiger partial charge in [0.25, 0.3) is 0 Å². The number of rotatable bonds is 10. The highest BCUT2D eigenvalue weighted by Crippen LogP contribution is 2.37. The minimum atomic E-state index is -2.03. The molecular weight excluding hydrogens is 787 g/mol. The molecule has 3 aliphatic rings. The van der Waals surface area contributed by atoms with Crippen LogP contribution in [0.2, 0.25) is 0 Å². The van der Waals surface area contributed by atoms with E-state index in [0.29, 0.717) is 26.1 Å². The smallest absolute Gasteiger partial charge is 0.316 e. The number of aromatic nitrogens is 1. The number of esters is 1. The van der Waals surface area contributed by atoms with Crippen molar-refractivity contribution in [3.63, 3.8) is 0 Å². The van der Waals surface area contributed by atoms with Gasteiger partial charge in [-0.3, -0.25) is 24.3 Å². The van der Waals surface area contributed by atoms with Crippen LogP contribution in [0.5, 0.6) is 0 Å². The van der Waals surface area contributed by atoms with Gasteiger partial charge in [-0.2, -0.15) is 0 Å². The molecule has 3 aliphatic heterocycles. The molecule has 4 heterocycles. The fraction of sp³-hybridized carbons (Fsp3) is 0.733. The topological polar surface area (TPSA) is 204 Å². The van der Waals surface area contributed by atoms with Crippen molar-refractivity contribution in [2.75, 3.05) is 58.3 Å². The summed E-state index contributed by atoms with van der Waals surface area (Å²) >= 11 is 0. The normalized spacial score (nSPS) is 37.2. The Morgan fingerprint density at radius 3 is 2.36 bits per heavy atom. The van der Waals surface area contributed by atoms with Crippen molar-refractivity contribution in [2.24, 2.45) is 17.8 Å². The minimum absolute atomic E-state index is 0.0405. The number of anilines is 1. The average molecular weight is 858 g/mol. The molecule has 61 heavy (non-hydrogen) atoms. The highest BCUT2D eigenvalue weighted by molar-refractivity contribution is 6.00. The van der Waals surface area contributed by atoms with E-state index < -0.39 is 89.5 Å². The predicted molar refractivity (Wildman–Crippen MR) is 230 cm³/mol. The molecule has 0 bridgehead atoms. The largest absolute Gasteiger partial charge is 0.459 e. The van der Waals surface area contributed by atoms with Crippen molar-refractivity contribution in [1.82, 2.24) is 20.1 Å². The Morgan fingerprint density at radius 1 is 1.02 bits per heavy atom. The van der Waals surface area contributed by atoms with Gasteiger partial charge < -0.3 is 54.5 Å². The van der Waals surface area contributed by atoms with E-state index in [2.05, 4.69) is 32.2 Å². The molecule has 2 aromatic rings. The Labute approximate surface area is 360 Å². The summed E-state index contributed by atoms with van der Waals surface area (Å²) in [6, 6.07) is 9.21. The van der Waals surface area contributed by atoms with Gasteiger partial charge in [0.05, 0.1) is 48.1 Å². The first-order chi connectivity index (χ1) is 28.7. The number of nitrogens with one attached hydrogen (secondary N) is 1. The van der Waals surface area contributed by atoms with Gasteiger partial charge in [-0.15, -0.1) is 0 Å². The van der Waals surface area contributed by atoms with Crippen LogP contribution >= 0.6 is 0 Å². The number of amides is 1. The summed E-state index contributed by atoms with van der Waals surface area (Å²) in [5.74, 6) is -5.59. The van der Waals surface area contributed by atoms with E-state index in [1.807, 2.05) is 44.1 Å². The zero-order chi connectivity index (χ0) is 45.0. The van der Waals surface area contributed by atoms with Crippen LogP contribution in [-0.2, 0) is 33.3 Å². The lowest BCUT2D eigenvalue weighted by Crippen LogP contribution is -2.60. The van der Waals surface area contributed by atoms with Crippen LogP contribution in [0.1, 0.15) is 74.7 Å². The Bertz CT molecular complexity index is 1790. The molecule has 14 atom stereocenters. The molecule has 16 nitrogen and oxygen atoms in total. The number of carbonyl (C=O) groups is 3. The van der Waals surface area contributed by atoms with Crippen molar-refractivity contribution in [2.45, 2.75) is 141 Å². The second-order valence-corrected chi connectivity index (χ2v) is 18.4. The molecule has 1 unspecified atom stereocenters. The number of carbonyl (C=O) groups excluding carboxylic acids is 3. The number of pyridine rings is 1. The van der Waals surface area contributed by atoms with Gasteiger partial charge in [-0.05, 0) is 92.2 Å². The molecule has 5 rings (SSSR count). The first kappa shape index (κ1) is 48.7. The maximum atomic E-state index is 14.5. The van der Waals surface area contributed by atoms with Crippen molar-refractivity contribution >= 4 is 34.3 Å². The number of aliphatic hydroxyl groups excluding tert-OH is 3. The highest BCUT2D eigenvalue weighted by Gasteiger charge is 2.51. The van der Waals surface area contributed by atoms with E-state index in [0.717, 1.165) is 29.7 Å². The molecule has 0 spiro atoms. The number of benzene rings is 1. The molecule has 1 aromatic carbocycles. The second kappa shape index (κ2) is 20.5. The van der Waals surface area contributed by atoms with E-state index in [1.54, 1.807) is 33.9 Å². The zero-order valence-corrected chi connectivity index (χ0v) is 37.7. The number of cyclic esters (lactones) is 1. The number of β-amino-alcohol motifs (C(OH)–C–C–N with tert-alkyl or cyclic N) is 1. The second-order valence-electron chi connectivity index (χ2n) is 18.4. The molecular formula is C45H71N5O11. The van der Waals surface area contributed by atoms with Gasteiger partial charge in [0.2, 0.25) is 5.91 Å². The molecule has 0 saturated carbocycles. The van der Waals surface area contributed by atoms with E-state index in [1.165, 1.54) is 20.8 Å². The maximum Gasteiger partial charge on any atom is 0.316 e. The number of likely N-dealkylation sites (N-methyl/N-ethyl adjacent to an activating group) is 1. The number of Topliss-reactive ketones (excluding diaryl/α,β-unsaturated/α-hetero) is 1. The van der Waals surface area contributed by atoms with Gasteiger partial charge in [0, 0.05) is 68.0 Å². The Kier molecular flexibility index (Phi) is 16.3. The molecule has 3 fully saturated rings. The van der Waals surface area contributed by atoms with Gasteiger partial charge >= 0.3 is 5.97 Å². The number of ketones is 1. The van der Waals surface area contributed by atoms with Gasteiger partial charge in [0.1, 0.15) is 23.7 Å². The van der Waals surface area contributed by atoms with Crippen LogP contribution in [0.3, 0.4) is 0 Å². The number of ether oxygens (including phenoxy) is 4. The van der Waals surface area contributed by atoms with E-state index >= 15 is 0 Å². The zero-order valence-electron chi connectivity index (χ0n) is 37.7. The van der Waals surface area contributed by atoms with E-state index in [9.17, 15) is 34.8 Å². The summed E-state index contributed by atoms with van der Waals surface area (Å²) in [6.07, 6.45) is -5.23. The molecule has 5 N–H and O–H groups in total. The highest BCUT2D eigenvalue weighted by atomic mass is 16.7. The third-order valence-corrected chi connectivity index (χ3v) is 13.1. The SMILES string of the molecule is CC[C@H]1OC(=O)[C@H](C)C(=O)[C@H](C)[C@@H](O[C@@H]2O[C@H](C)C[C@H](N(C)C)[C@H]2O)[C@](C)(OCC(O)CN2CCN(c3ccc4ncccc4c3)CC2)C[C@@H](C)NC(=O)[C@H](C)[C@@H](O)[C@]1(C)O. The molecule has 16 heteroatoms. The molecule has 0 aliphatic carbocycles. The lowest BCUT2D eigenvalue weighted by Gasteiger charge is -2.47. The fourth-order valence-corrected chi connectivity index (χ4v) is 9.32. The van der Waals surface area contributed by atoms with Crippen LogP contribution < -0.4 is 10.2 Å². The maximum absolute atomic E-state index is 14.5. The van der Waals surface area contributed by atoms with Crippen molar-refractivity contribution in [1.29, 1.82) is 0 Å². The van der Waals surface area contributed by atoms with Crippen LogP contribution in [0.4, 0.5) is 5.69 Å². The molecule has 3 saturated heterocycles. The lowest BCUT2D eigenvalue weighted by atomic mass is 9.79. The van der Waals surface area contributed by atoms with Gasteiger partial charge in [-0.1, -0.05) is 26.8 Å². The van der Waals surface area contributed by atoms with Crippen LogP contribution in [0, 0.1) is 17.8 Å². The van der Waals surface area contributed by atoms with Crippen molar-refractivity contribution in [3.8, 4) is 0 Å². The summed E-state index contributed by atoms with van der Waals surface area (Å²) in [5, 5.41) is 50.0. The van der Waals surface area contributed by atoms with Crippen molar-refractivity contribution in [3.05, 3.63) is 36.5 Å². The Hall–Kier alpha value is -3.32. The monoisotopic (exact) mass is 858 g/mol. The van der Waals surface area contributed by atoms with E-state index in [4.69, 9.17) is 18.9 Å².